The maximum atomic E-state index is 11.2. The zero-order chi connectivity index (χ0) is 10.8. The molecule has 4 nitrogen and oxygen atoms in total. The second-order valence-electron chi connectivity index (χ2n) is 2.91. The van der Waals surface area contributed by atoms with Gasteiger partial charge in [0.05, 0.1) is 17.6 Å². The van der Waals surface area contributed by atoms with E-state index in [9.17, 15) is 4.79 Å². The fraction of sp³-hybridized carbons (Fsp3) is 0.100. The first kappa shape index (κ1) is 9.86. The van der Waals surface area contributed by atoms with Gasteiger partial charge in [0.15, 0.2) is 5.69 Å². The highest BCUT2D eigenvalue weighted by atomic mass is 35.5. The average molecular weight is 223 g/mol. The Kier molecular flexibility index (Phi) is 2.51. The van der Waals surface area contributed by atoms with Crippen LogP contribution >= 0.6 is 11.6 Å². The molecule has 0 bridgehead atoms. The normalized spacial score (nSPS) is 10.3. The van der Waals surface area contributed by atoms with Gasteiger partial charge in [-0.15, -0.1) is 0 Å². The van der Waals surface area contributed by atoms with Crippen LogP contribution in [0.2, 0.25) is 5.02 Å². The van der Waals surface area contributed by atoms with Crippen molar-refractivity contribution in [2.24, 2.45) is 0 Å². The van der Waals surface area contributed by atoms with E-state index in [1.807, 2.05) is 0 Å². The van der Waals surface area contributed by atoms with Gasteiger partial charge < -0.3 is 4.74 Å². The molecule has 0 aliphatic rings. The van der Waals surface area contributed by atoms with Crippen LogP contribution < -0.4 is 0 Å². The summed E-state index contributed by atoms with van der Waals surface area (Å²) in [4.78, 5) is 19.2. The quantitative estimate of drug-likeness (QED) is 0.693. The Labute approximate surface area is 90.9 Å². The van der Waals surface area contributed by atoms with Crippen molar-refractivity contribution < 1.29 is 9.53 Å². The Morgan fingerprint density at radius 2 is 2.13 bits per heavy atom. The molecule has 0 unspecified atom stereocenters. The molecule has 2 rings (SSSR count). The van der Waals surface area contributed by atoms with Gasteiger partial charge in [0.1, 0.15) is 0 Å². The van der Waals surface area contributed by atoms with E-state index >= 15 is 0 Å². The van der Waals surface area contributed by atoms with Crippen molar-refractivity contribution in [3.8, 4) is 0 Å². The molecule has 0 aliphatic carbocycles. The van der Waals surface area contributed by atoms with Crippen molar-refractivity contribution in [1.82, 2.24) is 9.97 Å². The maximum absolute atomic E-state index is 11.2. The number of fused-ring (bicyclic) bond motifs is 1. The van der Waals surface area contributed by atoms with Crippen molar-refractivity contribution in [3.05, 3.63) is 35.2 Å². The lowest BCUT2D eigenvalue weighted by molar-refractivity contribution is 0.0594. The molecule has 2 aromatic heterocycles. The van der Waals surface area contributed by atoms with Crippen molar-refractivity contribution in [2.45, 2.75) is 0 Å². The van der Waals surface area contributed by atoms with Crippen LogP contribution in [0.15, 0.2) is 24.5 Å². The summed E-state index contributed by atoms with van der Waals surface area (Å²) < 4.78 is 4.55. The molecule has 0 fully saturated rings. The third-order valence-corrected chi connectivity index (χ3v) is 2.13. The SMILES string of the molecule is COC(=O)c1cc2ncc(Cl)cc2cn1. The molecule has 0 aliphatic heterocycles. The molecular formula is C10H7ClN2O2. The van der Waals surface area contributed by atoms with E-state index in [-0.39, 0.29) is 5.69 Å². The smallest absolute Gasteiger partial charge is 0.356 e. The van der Waals surface area contributed by atoms with Gasteiger partial charge in [0.2, 0.25) is 0 Å². The molecule has 0 aromatic carbocycles. The van der Waals surface area contributed by atoms with Crippen molar-refractivity contribution >= 4 is 28.5 Å². The molecule has 0 N–H and O–H groups in total. The summed E-state index contributed by atoms with van der Waals surface area (Å²) in [5.41, 5.74) is 0.898. The van der Waals surface area contributed by atoms with Crippen LogP contribution in [0, 0.1) is 0 Å². The Morgan fingerprint density at radius 1 is 1.33 bits per heavy atom. The summed E-state index contributed by atoms with van der Waals surface area (Å²) in [7, 11) is 1.31. The van der Waals surface area contributed by atoms with Crippen LogP contribution in [0.25, 0.3) is 10.9 Å². The summed E-state index contributed by atoms with van der Waals surface area (Å²) in [6.45, 7) is 0. The standard InChI is InChI=1S/C10H7ClN2O2/c1-15-10(14)9-3-8-6(4-12-9)2-7(11)5-13-8/h2-5H,1H3. The number of pyridine rings is 2. The first-order valence-electron chi connectivity index (χ1n) is 4.20. The van der Waals surface area contributed by atoms with Crippen molar-refractivity contribution in [1.29, 1.82) is 0 Å². The minimum atomic E-state index is -0.478. The Morgan fingerprint density at radius 3 is 2.87 bits per heavy atom. The summed E-state index contributed by atoms with van der Waals surface area (Å²) >= 11 is 5.77. The summed E-state index contributed by atoms with van der Waals surface area (Å²) in [6, 6.07) is 3.30. The Bertz CT molecular complexity index is 528. The van der Waals surface area contributed by atoms with Gasteiger partial charge in [-0.3, -0.25) is 4.98 Å². The van der Waals surface area contributed by atoms with Crippen LogP contribution in [-0.2, 0) is 4.74 Å². The third-order valence-electron chi connectivity index (χ3n) is 1.93. The summed E-state index contributed by atoms with van der Waals surface area (Å²) in [5.74, 6) is -0.478. The van der Waals surface area contributed by atoms with Gasteiger partial charge in [0, 0.05) is 17.8 Å². The van der Waals surface area contributed by atoms with Gasteiger partial charge in [-0.05, 0) is 12.1 Å². The molecular weight excluding hydrogens is 216 g/mol. The topological polar surface area (TPSA) is 52.1 Å². The Balaban J connectivity index is 2.57. The zero-order valence-corrected chi connectivity index (χ0v) is 8.65. The molecule has 0 spiro atoms. The number of carbonyl (C=O) groups is 1. The van der Waals surface area contributed by atoms with E-state index < -0.39 is 5.97 Å². The molecule has 0 radical (unpaired) electrons. The van der Waals surface area contributed by atoms with Gasteiger partial charge in [-0.25, -0.2) is 9.78 Å². The van der Waals surface area contributed by atoms with Gasteiger partial charge in [-0.2, -0.15) is 0 Å². The predicted octanol–water partition coefficient (Wildman–Crippen LogP) is 2.07. The number of methoxy groups -OCH3 is 1. The highest BCUT2D eigenvalue weighted by Gasteiger charge is 2.08. The van der Waals surface area contributed by atoms with Gasteiger partial charge in [0.25, 0.3) is 0 Å². The molecule has 0 saturated heterocycles. The number of ether oxygens (including phenoxy) is 1. The van der Waals surface area contributed by atoms with E-state index in [2.05, 4.69) is 14.7 Å². The van der Waals surface area contributed by atoms with Crippen LogP contribution in [0.3, 0.4) is 0 Å². The second kappa shape index (κ2) is 3.82. The van der Waals surface area contributed by atoms with E-state index in [0.29, 0.717) is 10.5 Å². The van der Waals surface area contributed by atoms with Crippen LogP contribution in [0.5, 0.6) is 0 Å². The zero-order valence-electron chi connectivity index (χ0n) is 7.90. The molecule has 2 aromatic rings. The van der Waals surface area contributed by atoms with E-state index in [0.717, 1.165) is 5.39 Å². The predicted molar refractivity (Wildman–Crippen MR) is 55.9 cm³/mol. The first-order chi connectivity index (χ1) is 7.20. The van der Waals surface area contributed by atoms with Gasteiger partial charge in [-0.1, -0.05) is 11.6 Å². The highest BCUT2D eigenvalue weighted by Crippen LogP contribution is 2.16. The fourth-order valence-electron chi connectivity index (χ4n) is 1.21. The summed E-state index contributed by atoms with van der Waals surface area (Å²) in [5, 5.41) is 1.32. The summed E-state index contributed by atoms with van der Waals surface area (Å²) in [6.07, 6.45) is 3.06. The lowest BCUT2D eigenvalue weighted by atomic mass is 10.2. The van der Waals surface area contributed by atoms with E-state index in [4.69, 9.17) is 11.6 Å². The largest absolute Gasteiger partial charge is 0.464 e. The van der Waals surface area contributed by atoms with Gasteiger partial charge >= 0.3 is 5.97 Å². The number of esters is 1. The number of hydrogen-bond donors (Lipinski definition) is 0. The van der Waals surface area contributed by atoms with Crippen molar-refractivity contribution in [3.63, 3.8) is 0 Å². The number of nitrogens with zero attached hydrogens (tertiary/aromatic N) is 2. The van der Waals surface area contributed by atoms with Crippen molar-refractivity contribution in [2.75, 3.05) is 7.11 Å². The maximum Gasteiger partial charge on any atom is 0.356 e. The highest BCUT2D eigenvalue weighted by molar-refractivity contribution is 6.31. The lowest BCUT2D eigenvalue weighted by Crippen LogP contribution is -2.03. The number of hydrogen-bond acceptors (Lipinski definition) is 4. The molecule has 76 valence electrons. The van der Waals surface area contributed by atoms with Crippen LogP contribution in [-0.4, -0.2) is 23.0 Å². The Hall–Kier alpha value is -1.68. The molecule has 15 heavy (non-hydrogen) atoms. The molecule has 2 heterocycles. The van der Waals surface area contributed by atoms with Crippen LogP contribution in [0.1, 0.15) is 10.5 Å². The number of carbonyl (C=O) groups excluding carboxylic acids is 1. The molecule has 0 saturated carbocycles. The van der Waals surface area contributed by atoms with Crippen LogP contribution in [0.4, 0.5) is 0 Å². The monoisotopic (exact) mass is 222 g/mol. The first-order valence-corrected chi connectivity index (χ1v) is 4.58. The minimum Gasteiger partial charge on any atom is -0.464 e. The lowest BCUT2D eigenvalue weighted by Gasteiger charge is -2.00. The number of aromatic nitrogens is 2. The van der Waals surface area contributed by atoms with E-state index in [1.165, 1.54) is 13.3 Å². The third kappa shape index (κ3) is 1.89. The molecule has 0 atom stereocenters. The number of rotatable bonds is 1. The van der Waals surface area contributed by atoms with E-state index in [1.54, 1.807) is 18.3 Å². The second-order valence-corrected chi connectivity index (χ2v) is 3.34. The number of halogens is 1. The fourth-order valence-corrected chi connectivity index (χ4v) is 1.38. The molecule has 0 amide bonds. The molecule has 5 heteroatoms. The average Bonchev–Trinajstić information content (AvgIpc) is 2.27. The minimum absolute atomic E-state index is 0.236.